The zero-order chi connectivity index (χ0) is 9.10. The van der Waals surface area contributed by atoms with Gasteiger partial charge in [0.15, 0.2) is 0 Å². The lowest BCUT2D eigenvalue weighted by Crippen LogP contribution is -2.09. The van der Waals surface area contributed by atoms with Crippen molar-refractivity contribution in [2.45, 2.75) is 13.0 Å². The summed E-state index contributed by atoms with van der Waals surface area (Å²) in [5, 5.41) is 2.63. The van der Waals surface area contributed by atoms with Crippen LogP contribution in [0.2, 0.25) is 0 Å². The molecule has 1 amide bonds. The quantitative estimate of drug-likeness (QED) is 0.696. The molecule has 0 aliphatic carbocycles. The maximum absolute atomic E-state index is 10.1. The van der Waals surface area contributed by atoms with Crippen molar-refractivity contribution in [2.24, 2.45) is 0 Å². The summed E-state index contributed by atoms with van der Waals surface area (Å²) in [5.74, 6) is 0.981. The third kappa shape index (κ3) is 1.64. The van der Waals surface area contributed by atoms with Crippen LogP contribution >= 0.6 is 0 Å². The number of fused-ring (bicyclic) bond motifs is 1. The van der Waals surface area contributed by atoms with Crippen molar-refractivity contribution in [2.75, 3.05) is 6.61 Å². The molecule has 1 aromatic carbocycles. The summed E-state index contributed by atoms with van der Waals surface area (Å²) in [5.41, 5.74) is 2.36. The molecule has 13 heavy (non-hydrogen) atoms. The van der Waals surface area contributed by atoms with Crippen LogP contribution in [0.3, 0.4) is 0 Å². The van der Waals surface area contributed by atoms with E-state index >= 15 is 0 Å². The second-order valence-electron chi connectivity index (χ2n) is 3.04. The summed E-state index contributed by atoms with van der Waals surface area (Å²) in [7, 11) is 0. The number of amides is 1. The molecule has 68 valence electrons. The SMILES string of the molecule is O=CNCc1ccc2c(c1)CCO2. The minimum absolute atomic E-state index is 0.594. The molecule has 2 rings (SSSR count). The first-order valence-electron chi connectivity index (χ1n) is 4.32. The van der Waals surface area contributed by atoms with Crippen molar-refractivity contribution in [1.82, 2.24) is 5.32 Å². The van der Waals surface area contributed by atoms with Crippen molar-refractivity contribution in [3.05, 3.63) is 29.3 Å². The first-order valence-corrected chi connectivity index (χ1v) is 4.32. The third-order valence-corrected chi connectivity index (χ3v) is 2.14. The predicted molar refractivity (Wildman–Crippen MR) is 48.5 cm³/mol. The number of hydrogen-bond acceptors (Lipinski definition) is 2. The minimum atomic E-state index is 0.594. The molecule has 1 aromatic rings. The van der Waals surface area contributed by atoms with E-state index in [-0.39, 0.29) is 0 Å². The third-order valence-electron chi connectivity index (χ3n) is 2.14. The predicted octanol–water partition coefficient (Wildman–Crippen LogP) is 0.867. The Labute approximate surface area is 76.7 Å². The molecule has 0 saturated carbocycles. The molecule has 1 aliphatic heterocycles. The van der Waals surface area contributed by atoms with Crippen molar-refractivity contribution in [3.8, 4) is 5.75 Å². The smallest absolute Gasteiger partial charge is 0.207 e. The van der Waals surface area contributed by atoms with Crippen LogP contribution in [-0.4, -0.2) is 13.0 Å². The van der Waals surface area contributed by atoms with E-state index in [0.717, 1.165) is 24.3 Å². The van der Waals surface area contributed by atoms with E-state index in [1.165, 1.54) is 5.56 Å². The van der Waals surface area contributed by atoms with Gasteiger partial charge in [-0.1, -0.05) is 12.1 Å². The number of rotatable bonds is 3. The van der Waals surface area contributed by atoms with Gasteiger partial charge in [0.2, 0.25) is 6.41 Å². The van der Waals surface area contributed by atoms with Crippen LogP contribution in [0.25, 0.3) is 0 Å². The molecule has 3 nitrogen and oxygen atoms in total. The highest BCUT2D eigenvalue weighted by Gasteiger charge is 2.11. The largest absolute Gasteiger partial charge is 0.493 e. The standard InChI is InChI=1S/C10H11NO2/c12-7-11-6-8-1-2-10-9(5-8)3-4-13-10/h1-2,5,7H,3-4,6H2,(H,11,12). The lowest BCUT2D eigenvalue weighted by Gasteiger charge is -2.02. The lowest BCUT2D eigenvalue weighted by atomic mass is 10.1. The monoisotopic (exact) mass is 177 g/mol. The second-order valence-corrected chi connectivity index (χ2v) is 3.04. The van der Waals surface area contributed by atoms with Crippen LogP contribution in [0.4, 0.5) is 0 Å². The zero-order valence-electron chi connectivity index (χ0n) is 7.25. The molecule has 1 aliphatic rings. The van der Waals surface area contributed by atoms with Crippen LogP contribution in [0, 0.1) is 0 Å². The van der Waals surface area contributed by atoms with Crippen LogP contribution in [0.15, 0.2) is 18.2 Å². The molecule has 1 N–H and O–H groups in total. The first-order chi connectivity index (χ1) is 6.40. The summed E-state index contributed by atoms with van der Waals surface area (Å²) >= 11 is 0. The topological polar surface area (TPSA) is 38.3 Å². The Bertz CT molecular complexity index is 323. The highest BCUT2D eigenvalue weighted by atomic mass is 16.5. The lowest BCUT2D eigenvalue weighted by molar-refractivity contribution is -0.109. The number of carbonyl (C=O) groups excluding carboxylic acids is 1. The fraction of sp³-hybridized carbons (Fsp3) is 0.300. The fourth-order valence-corrected chi connectivity index (χ4v) is 1.51. The van der Waals surface area contributed by atoms with Gasteiger partial charge in [0.05, 0.1) is 6.61 Å². The van der Waals surface area contributed by atoms with E-state index in [0.29, 0.717) is 13.0 Å². The highest BCUT2D eigenvalue weighted by Crippen LogP contribution is 2.25. The van der Waals surface area contributed by atoms with Crippen molar-refractivity contribution in [3.63, 3.8) is 0 Å². The Hall–Kier alpha value is -1.51. The van der Waals surface area contributed by atoms with Gasteiger partial charge in [-0.15, -0.1) is 0 Å². The normalized spacial score (nSPS) is 13.2. The van der Waals surface area contributed by atoms with Gasteiger partial charge < -0.3 is 10.1 Å². The molecule has 0 fully saturated rings. The number of benzene rings is 1. The van der Waals surface area contributed by atoms with Crippen LogP contribution in [0.5, 0.6) is 5.75 Å². The van der Waals surface area contributed by atoms with Gasteiger partial charge in [0.1, 0.15) is 5.75 Å². The van der Waals surface area contributed by atoms with Crippen molar-refractivity contribution in [1.29, 1.82) is 0 Å². The molecule has 0 bridgehead atoms. The van der Waals surface area contributed by atoms with E-state index in [9.17, 15) is 4.79 Å². The van der Waals surface area contributed by atoms with E-state index in [1.54, 1.807) is 0 Å². The Morgan fingerprint density at radius 3 is 3.31 bits per heavy atom. The summed E-state index contributed by atoms with van der Waals surface area (Å²) in [6, 6.07) is 6.02. The molecule has 0 aromatic heterocycles. The first kappa shape index (κ1) is 8.10. The van der Waals surface area contributed by atoms with Crippen molar-refractivity contribution >= 4 is 6.41 Å². The molecular weight excluding hydrogens is 166 g/mol. The van der Waals surface area contributed by atoms with Gasteiger partial charge in [-0.2, -0.15) is 0 Å². The van der Waals surface area contributed by atoms with Crippen LogP contribution < -0.4 is 10.1 Å². The van der Waals surface area contributed by atoms with Crippen LogP contribution in [-0.2, 0) is 17.8 Å². The second kappa shape index (κ2) is 3.47. The molecule has 3 heteroatoms. The van der Waals surface area contributed by atoms with Gasteiger partial charge in [-0.3, -0.25) is 4.79 Å². The fourth-order valence-electron chi connectivity index (χ4n) is 1.51. The van der Waals surface area contributed by atoms with Gasteiger partial charge >= 0.3 is 0 Å². The van der Waals surface area contributed by atoms with E-state index < -0.39 is 0 Å². The molecule has 0 spiro atoms. The molecule has 0 atom stereocenters. The number of carbonyl (C=O) groups is 1. The average Bonchev–Trinajstić information content (AvgIpc) is 2.61. The van der Waals surface area contributed by atoms with Gasteiger partial charge in [-0.25, -0.2) is 0 Å². The Morgan fingerprint density at radius 1 is 1.54 bits per heavy atom. The molecule has 0 unspecified atom stereocenters. The Kier molecular flexibility index (Phi) is 2.17. The van der Waals surface area contributed by atoms with E-state index in [4.69, 9.17) is 4.74 Å². The number of ether oxygens (including phenoxy) is 1. The minimum Gasteiger partial charge on any atom is -0.493 e. The maximum atomic E-state index is 10.1. The summed E-state index contributed by atoms with van der Waals surface area (Å²) in [6.45, 7) is 1.37. The zero-order valence-corrected chi connectivity index (χ0v) is 7.25. The molecular formula is C10H11NO2. The van der Waals surface area contributed by atoms with Gasteiger partial charge in [0.25, 0.3) is 0 Å². The maximum Gasteiger partial charge on any atom is 0.207 e. The van der Waals surface area contributed by atoms with Crippen molar-refractivity contribution < 1.29 is 9.53 Å². The van der Waals surface area contributed by atoms with Gasteiger partial charge in [0, 0.05) is 13.0 Å². The summed E-state index contributed by atoms with van der Waals surface area (Å²) in [6.07, 6.45) is 1.69. The highest BCUT2D eigenvalue weighted by molar-refractivity contribution is 5.47. The summed E-state index contributed by atoms with van der Waals surface area (Å²) in [4.78, 5) is 10.1. The Morgan fingerprint density at radius 2 is 2.46 bits per heavy atom. The van der Waals surface area contributed by atoms with E-state index in [2.05, 4.69) is 11.4 Å². The average molecular weight is 177 g/mol. The summed E-state index contributed by atoms with van der Waals surface area (Å²) < 4.78 is 5.37. The van der Waals surface area contributed by atoms with Gasteiger partial charge in [-0.05, 0) is 17.2 Å². The van der Waals surface area contributed by atoms with E-state index in [1.807, 2.05) is 12.1 Å². The molecule has 0 radical (unpaired) electrons. The number of hydrogen-bond donors (Lipinski definition) is 1. The number of nitrogens with one attached hydrogen (secondary N) is 1. The Balaban J connectivity index is 2.16. The molecule has 0 saturated heterocycles. The van der Waals surface area contributed by atoms with Crippen LogP contribution in [0.1, 0.15) is 11.1 Å². The molecule has 1 heterocycles.